The maximum Gasteiger partial charge on any atom is 0.180 e. The fraction of sp³-hybridized carbons (Fsp3) is 0.444. The molecule has 0 spiro atoms. The molecule has 0 aromatic carbocycles. The number of anilines is 1. The molecule has 0 saturated carbocycles. The van der Waals surface area contributed by atoms with Gasteiger partial charge in [-0.05, 0) is 13.8 Å². The number of nitrogen functional groups attached to an aromatic ring is 1. The van der Waals surface area contributed by atoms with Gasteiger partial charge in [0.15, 0.2) is 5.13 Å². The van der Waals surface area contributed by atoms with Gasteiger partial charge in [0.2, 0.25) is 0 Å². The Morgan fingerprint density at radius 2 is 2.27 bits per heavy atom. The van der Waals surface area contributed by atoms with Gasteiger partial charge in [0.1, 0.15) is 11.6 Å². The van der Waals surface area contributed by atoms with E-state index >= 15 is 0 Å². The van der Waals surface area contributed by atoms with Crippen molar-refractivity contribution in [3.63, 3.8) is 0 Å². The predicted octanol–water partition coefficient (Wildman–Crippen LogP) is 1.24. The number of rotatable bonds is 3. The SMILES string of the molecule is CCn1c(C)nnc1Cc1csc(N)n1. The molecule has 0 fully saturated rings. The van der Waals surface area contributed by atoms with Gasteiger partial charge in [-0.2, -0.15) is 0 Å². The van der Waals surface area contributed by atoms with Crippen LogP contribution in [-0.4, -0.2) is 19.7 Å². The number of nitrogens with zero attached hydrogens (tertiary/aromatic N) is 4. The van der Waals surface area contributed by atoms with Crippen molar-refractivity contribution in [3.8, 4) is 0 Å². The molecule has 5 nitrogen and oxygen atoms in total. The summed E-state index contributed by atoms with van der Waals surface area (Å²) in [5.74, 6) is 1.89. The predicted molar refractivity (Wildman–Crippen MR) is 59.8 cm³/mol. The second-order valence-electron chi connectivity index (χ2n) is 3.26. The van der Waals surface area contributed by atoms with E-state index in [0.717, 1.165) is 23.9 Å². The number of aryl methyl sites for hydroxylation is 1. The van der Waals surface area contributed by atoms with Gasteiger partial charge in [-0.15, -0.1) is 21.5 Å². The van der Waals surface area contributed by atoms with Crippen LogP contribution >= 0.6 is 11.3 Å². The average molecular weight is 223 g/mol. The van der Waals surface area contributed by atoms with E-state index in [0.29, 0.717) is 11.6 Å². The van der Waals surface area contributed by atoms with E-state index in [1.807, 2.05) is 12.3 Å². The minimum Gasteiger partial charge on any atom is -0.375 e. The van der Waals surface area contributed by atoms with Crippen LogP contribution in [0.3, 0.4) is 0 Å². The summed E-state index contributed by atoms with van der Waals surface area (Å²) in [5.41, 5.74) is 6.53. The fourth-order valence-corrected chi connectivity index (χ4v) is 2.10. The van der Waals surface area contributed by atoms with E-state index < -0.39 is 0 Å². The molecular formula is C9H13N5S. The minimum atomic E-state index is 0.601. The number of hydrogen-bond donors (Lipinski definition) is 1. The number of hydrogen-bond acceptors (Lipinski definition) is 5. The molecule has 0 radical (unpaired) electrons. The minimum absolute atomic E-state index is 0.601. The van der Waals surface area contributed by atoms with Crippen molar-refractivity contribution in [3.05, 3.63) is 22.7 Å². The van der Waals surface area contributed by atoms with Gasteiger partial charge < -0.3 is 10.3 Å². The van der Waals surface area contributed by atoms with Gasteiger partial charge in [0.05, 0.1) is 12.1 Å². The van der Waals surface area contributed by atoms with Crippen molar-refractivity contribution < 1.29 is 0 Å². The lowest BCUT2D eigenvalue weighted by atomic mass is 10.3. The summed E-state index contributed by atoms with van der Waals surface area (Å²) >= 11 is 1.45. The molecule has 2 aromatic rings. The van der Waals surface area contributed by atoms with Crippen LogP contribution < -0.4 is 5.73 Å². The molecule has 2 N–H and O–H groups in total. The lowest BCUT2D eigenvalue weighted by Crippen LogP contribution is -2.04. The van der Waals surface area contributed by atoms with Crippen LogP contribution in [0, 0.1) is 6.92 Å². The Morgan fingerprint density at radius 3 is 2.87 bits per heavy atom. The Labute approximate surface area is 92.0 Å². The lowest BCUT2D eigenvalue weighted by Gasteiger charge is -2.02. The van der Waals surface area contributed by atoms with Gasteiger partial charge in [0, 0.05) is 11.9 Å². The first-order chi connectivity index (χ1) is 7.20. The van der Waals surface area contributed by atoms with Crippen LogP contribution in [0.5, 0.6) is 0 Å². The van der Waals surface area contributed by atoms with E-state index in [-0.39, 0.29) is 0 Å². The Kier molecular flexibility index (Phi) is 2.68. The highest BCUT2D eigenvalue weighted by Gasteiger charge is 2.09. The monoisotopic (exact) mass is 223 g/mol. The maximum absolute atomic E-state index is 5.57. The third kappa shape index (κ3) is 1.99. The van der Waals surface area contributed by atoms with Crippen LogP contribution in [0.1, 0.15) is 24.3 Å². The highest BCUT2D eigenvalue weighted by Crippen LogP contribution is 2.14. The number of aromatic nitrogens is 4. The molecule has 2 rings (SSSR count). The molecule has 0 unspecified atom stereocenters. The second-order valence-corrected chi connectivity index (χ2v) is 4.15. The zero-order valence-electron chi connectivity index (χ0n) is 8.77. The third-order valence-corrected chi connectivity index (χ3v) is 2.96. The quantitative estimate of drug-likeness (QED) is 0.849. The Hall–Kier alpha value is -1.43. The fourth-order valence-electron chi connectivity index (χ4n) is 1.53. The topological polar surface area (TPSA) is 69.6 Å². The summed E-state index contributed by atoms with van der Waals surface area (Å²) in [4.78, 5) is 4.21. The molecule has 2 aromatic heterocycles. The van der Waals surface area contributed by atoms with Crippen molar-refractivity contribution in [2.75, 3.05) is 5.73 Å². The molecule has 6 heteroatoms. The summed E-state index contributed by atoms with van der Waals surface area (Å²) in [7, 11) is 0. The molecule has 15 heavy (non-hydrogen) atoms. The van der Waals surface area contributed by atoms with Gasteiger partial charge in [-0.3, -0.25) is 0 Å². The summed E-state index contributed by atoms with van der Waals surface area (Å²) in [6, 6.07) is 0. The molecule has 0 aliphatic heterocycles. The summed E-state index contributed by atoms with van der Waals surface area (Å²) in [5, 5.41) is 10.7. The highest BCUT2D eigenvalue weighted by atomic mass is 32.1. The zero-order valence-corrected chi connectivity index (χ0v) is 9.58. The summed E-state index contributed by atoms with van der Waals surface area (Å²) in [6.45, 7) is 4.92. The van der Waals surface area contributed by atoms with Crippen molar-refractivity contribution in [2.45, 2.75) is 26.8 Å². The van der Waals surface area contributed by atoms with Gasteiger partial charge in [-0.1, -0.05) is 0 Å². The van der Waals surface area contributed by atoms with Crippen LogP contribution in [0.25, 0.3) is 0 Å². The first kappa shape index (κ1) is 10.1. The molecule has 0 amide bonds. The smallest absolute Gasteiger partial charge is 0.180 e. The Morgan fingerprint density at radius 1 is 1.47 bits per heavy atom. The molecule has 0 aliphatic carbocycles. The second kappa shape index (κ2) is 3.98. The zero-order chi connectivity index (χ0) is 10.8. The standard InChI is InChI=1S/C9H13N5S/c1-3-14-6(2)12-13-8(14)4-7-5-15-9(10)11-7/h5H,3-4H2,1-2H3,(H2,10,11). The van der Waals surface area contributed by atoms with Crippen molar-refractivity contribution in [1.29, 1.82) is 0 Å². The van der Waals surface area contributed by atoms with Crippen LogP contribution in [0.2, 0.25) is 0 Å². The molecule has 0 saturated heterocycles. The molecule has 0 bridgehead atoms. The van der Waals surface area contributed by atoms with Crippen LogP contribution in [0.4, 0.5) is 5.13 Å². The van der Waals surface area contributed by atoms with Gasteiger partial charge in [-0.25, -0.2) is 4.98 Å². The molecule has 2 heterocycles. The van der Waals surface area contributed by atoms with E-state index in [9.17, 15) is 0 Å². The first-order valence-corrected chi connectivity index (χ1v) is 5.67. The molecular weight excluding hydrogens is 210 g/mol. The molecule has 0 atom stereocenters. The van der Waals surface area contributed by atoms with Crippen molar-refractivity contribution in [2.24, 2.45) is 0 Å². The summed E-state index contributed by atoms with van der Waals surface area (Å²) < 4.78 is 2.08. The summed E-state index contributed by atoms with van der Waals surface area (Å²) in [6.07, 6.45) is 0.697. The average Bonchev–Trinajstić information content (AvgIpc) is 2.75. The van der Waals surface area contributed by atoms with E-state index in [1.54, 1.807) is 0 Å². The van der Waals surface area contributed by atoms with Crippen LogP contribution in [0.15, 0.2) is 5.38 Å². The first-order valence-electron chi connectivity index (χ1n) is 4.79. The number of nitrogens with two attached hydrogens (primary N) is 1. The third-order valence-electron chi connectivity index (χ3n) is 2.24. The largest absolute Gasteiger partial charge is 0.375 e. The number of thiazole rings is 1. The lowest BCUT2D eigenvalue weighted by molar-refractivity contribution is 0.688. The van der Waals surface area contributed by atoms with Gasteiger partial charge in [0.25, 0.3) is 0 Å². The van der Waals surface area contributed by atoms with Crippen molar-refractivity contribution >= 4 is 16.5 Å². The normalized spacial score (nSPS) is 10.8. The highest BCUT2D eigenvalue weighted by molar-refractivity contribution is 7.13. The maximum atomic E-state index is 5.57. The van der Waals surface area contributed by atoms with E-state index in [2.05, 4.69) is 26.7 Å². The van der Waals surface area contributed by atoms with Crippen LogP contribution in [-0.2, 0) is 13.0 Å². The Bertz CT molecular complexity index is 459. The van der Waals surface area contributed by atoms with Crippen molar-refractivity contribution in [1.82, 2.24) is 19.7 Å². The van der Waals surface area contributed by atoms with Gasteiger partial charge >= 0.3 is 0 Å². The Balaban J connectivity index is 2.24. The molecule has 0 aliphatic rings. The van der Waals surface area contributed by atoms with E-state index in [1.165, 1.54) is 11.3 Å². The molecule has 80 valence electrons. The van der Waals surface area contributed by atoms with E-state index in [4.69, 9.17) is 5.73 Å².